The zero-order chi connectivity index (χ0) is 14.5. The minimum atomic E-state index is 0.588. The molecule has 0 saturated carbocycles. The van der Waals surface area contributed by atoms with Gasteiger partial charge in [-0.2, -0.15) is 0 Å². The van der Waals surface area contributed by atoms with E-state index < -0.39 is 0 Å². The van der Waals surface area contributed by atoms with Gasteiger partial charge in [0.05, 0.1) is 0 Å². The summed E-state index contributed by atoms with van der Waals surface area (Å²) < 4.78 is 2.20. The lowest BCUT2D eigenvalue weighted by Crippen LogP contribution is -2.31. The fourth-order valence-corrected chi connectivity index (χ4v) is 2.47. The smallest absolute Gasteiger partial charge is 0.160 e. The number of imidazole rings is 1. The number of alkyl halides is 1. The number of rotatable bonds is 7. The summed E-state index contributed by atoms with van der Waals surface area (Å²) in [6, 6.07) is 4.53. The van der Waals surface area contributed by atoms with Gasteiger partial charge in [-0.15, -0.1) is 11.6 Å². The summed E-state index contributed by atoms with van der Waals surface area (Å²) in [7, 11) is 2.17. The highest BCUT2D eigenvalue weighted by Crippen LogP contribution is 2.15. The van der Waals surface area contributed by atoms with Crippen LogP contribution in [0.25, 0.3) is 11.2 Å². The lowest BCUT2D eigenvalue weighted by molar-refractivity contribution is 0.242. The Bertz CT molecular complexity index is 552. The van der Waals surface area contributed by atoms with E-state index in [9.17, 15) is 0 Å². The molecule has 4 nitrogen and oxygen atoms in total. The Hall–Kier alpha value is -1.13. The molecule has 0 bridgehead atoms. The van der Waals surface area contributed by atoms with Crippen LogP contribution in [0.5, 0.6) is 0 Å². The predicted molar refractivity (Wildman–Crippen MR) is 84.3 cm³/mol. The summed E-state index contributed by atoms with van der Waals surface area (Å²) in [5.41, 5.74) is 1.92. The molecular formula is C15H23ClN4. The van der Waals surface area contributed by atoms with Gasteiger partial charge in [-0.25, -0.2) is 9.97 Å². The Morgan fingerprint density at radius 1 is 1.45 bits per heavy atom. The molecular weight excluding hydrogens is 272 g/mol. The Kier molecular flexibility index (Phi) is 5.38. The lowest BCUT2D eigenvalue weighted by Gasteiger charge is -2.24. The van der Waals surface area contributed by atoms with Crippen molar-refractivity contribution in [2.45, 2.75) is 39.3 Å². The molecule has 0 aliphatic rings. The predicted octanol–water partition coefficient (Wildman–Crippen LogP) is 2.94. The van der Waals surface area contributed by atoms with Crippen LogP contribution in [0.1, 0.15) is 26.1 Å². The van der Waals surface area contributed by atoms with Crippen molar-refractivity contribution in [3.05, 3.63) is 24.2 Å². The second-order valence-corrected chi connectivity index (χ2v) is 5.58. The first-order valence-corrected chi connectivity index (χ1v) is 7.77. The molecule has 110 valence electrons. The number of nitrogens with zero attached hydrogens (tertiary/aromatic N) is 4. The Morgan fingerprint density at radius 2 is 2.25 bits per heavy atom. The third kappa shape index (κ3) is 3.30. The van der Waals surface area contributed by atoms with Crippen LogP contribution < -0.4 is 0 Å². The van der Waals surface area contributed by atoms with E-state index in [1.165, 1.54) is 0 Å². The maximum Gasteiger partial charge on any atom is 0.160 e. The van der Waals surface area contributed by atoms with Crippen molar-refractivity contribution in [2.75, 3.05) is 19.5 Å². The van der Waals surface area contributed by atoms with Gasteiger partial charge in [0.25, 0.3) is 0 Å². The number of aromatic nitrogens is 3. The summed E-state index contributed by atoms with van der Waals surface area (Å²) in [4.78, 5) is 11.5. The van der Waals surface area contributed by atoms with Gasteiger partial charge in [-0.1, -0.05) is 6.92 Å². The van der Waals surface area contributed by atoms with E-state index in [1.54, 1.807) is 0 Å². The standard InChI is InChI=1S/C15H23ClN4/c1-4-12(2)19(3)10-11-20-14(7-8-16)18-13-6-5-9-17-15(13)20/h5-6,9,12H,4,7-8,10-11H2,1-3H3. The number of hydrogen-bond donors (Lipinski definition) is 0. The molecule has 1 unspecified atom stereocenters. The lowest BCUT2D eigenvalue weighted by atomic mass is 10.2. The average Bonchev–Trinajstić information content (AvgIpc) is 2.81. The number of likely N-dealkylation sites (N-methyl/N-ethyl adjacent to an activating group) is 1. The van der Waals surface area contributed by atoms with Crippen LogP contribution in [0.4, 0.5) is 0 Å². The van der Waals surface area contributed by atoms with Gasteiger partial charge in [-0.05, 0) is 32.5 Å². The Morgan fingerprint density at radius 3 is 2.95 bits per heavy atom. The molecule has 2 aromatic heterocycles. The fraction of sp³-hybridized carbons (Fsp3) is 0.600. The normalized spacial score (nSPS) is 13.2. The largest absolute Gasteiger partial charge is 0.311 e. The summed E-state index contributed by atoms with van der Waals surface area (Å²) >= 11 is 5.89. The van der Waals surface area contributed by atoms with Crippen LogP contribution in [0, 0.1) is 0 Å². The third-order valence-corrected chi connectivity index (χ3v) is 4.11. The maximum absolute atomic E-state index is 5.89. The number of halogens is 1. The first kappa shape index (κ1) is 15.3. The first-order valence-electron chi connectivity index (χ1n) is 7.23. The Balaban J connectivity index is 2.20. The van der Waals surface area contributed by atoms with Crippen molar-refractivity contribution in [2.24, 2.45) is 0 Å². The van der Waals surface area contributed by atoms with Crippen LogP contribution in [-0.4, -0.2) is 44.9 Å². The number of aryl methyl sites for hydroxylation is 1. The summed E-state index contributed by atoms with van der Waals surface area (Å²) in [6.45, 7) is 6.37. The Labute approximate surface area is 125 Å². The number of pyridine rings is 1. The van der Waals surface area contributed by atoms with Crippen molar-refractivity contribution < 1.29 is 0 Å². The highest BCUT2D eigenvalue weighted by Gasteiger charge is 2.13. The number of hydrogen-bond acceptors (Lipinski definition) is 3. The van der Waals surface area contributed by atoms with Crippen LogP contribution in [-0.2, 0) is 13.0 Å². The fourth-order valence-electron chi connectivity index (χ4n) is 2.31. The number of fused-ring (bicyclic) bond motifs is 1. The van der Waals surface area contributed by atoms with Crippen LogP contribution >= 0.6 is 11.6 Å². The van der Waals surface area contributed by atoms with E-state index in [4.69, 9.17) is 11.6 Å². The van der Waals surface area contributed by atoms with E-state index >= 15 is 0 Å². The minimum Gasteiger partial charge on any atom is -0.311 e. The molecule has 0 aliphatic heterocycles. The molecule has 0 aromatic carbocycles. The van der Waals surface area contributed by atoms with Gasteiger partial charge >= 0.3 is 0 Å². The summed E-state index contributed by atoms with van der Waals surface area (Å²) in [6.07, 6.45) is 3.77. The monoisotopic (exact) mass is 294 g/mol. The SMILES string of the molecule is CCC(C)N(C)CCn1c(CCCl)nc2cccnc21. The van der Waals surface area contributed by atoms with Crippen molar-refractivity contribution in [3.8, 4) is 0 Å². The van der Waals surface area contributed by atoms with E-state index in [-0.39, 0.29) is 0 Å². The minimum absolute atomic E-state index is 0.588. The quantitative estimate of drug-likeness (QED) is 0.736. The van der Waals surface area contributed by atoms with Crippen molar-refractivity contribution in [3.63, 3.8) is 0 Å². The van der Waals surface area contributed by atoms with Gasteiger partial charge in [0.2, 0.25) is 0 Å². The molecule has 0 fully saturated rings. The molecule has 0 aliphatic carbocycles. The second-order valence-electron chi connectivity index (χ2n) is 5.20. The summed E-state index contributed by atoms with van der Waals surface area (Å²) in [5.74, 6) is 1.62. The van der Waals surface area contributed by atoms with Gasteiger partial charge in [0, 0.05) is 37.6 Å². The molecule has 0 radical (unpaired) electrons. The topological polar surface area (TPSA) is 34.0 Å². The molecule has 2 heterocycles. The highest BCUT2D eigenvalue weighted by molar-refractivity contribution is 6.17. The molecule has 0 saturated heterocycles. The molecule has 0 N–H and O–H groups in total. The van der Waals surface area contributed by atoms with Crippen LogP contribution in [0.2, 0.25) is 0 Å². The second kappa shape index (κ2) is 7.04. The van der Waals surface area contributed by atoms with E-state index in [2.05, 4.69) is 40.3 Å². The molecule has 0 amide bonds. The van der Waals surface area contributed by atoms with E-state index in [1.807, 2.05) is 18.3 Å². The maximum atomic E-state index is 5.89. The van der Waals surface area contributed by atoms with Gasteiger partial charge in [0.15, 0.2) is 5.65 Å². The van der Waals surface area contributed by atoms with Crippen molar-refractivity contribution in [1.29, 1.82) is 0 Å². The van der Waals surface area contributed by atoms with Gasteiger partial charge in [-0.3, -0.25) is 0 Å². The highest BCUT2D eigenvalue weighted by atomic mass is 35.5. The molecule has 1 atom stereocenters. The third-order valence-electron chi connectivity index (χ3n) is 3.92. The zero-order valence-electron chi connectivity index (χ0n) is 12.5. The summed E-state index contributed by atoms with van der Waals surface area (Å²) in [5, 5.41) is 0. The average molecular weight is 295 g/mol. The van der Waals surface area contributed by atoms with E-state index in [0.29, 0.717) is 11.9 Å². The molecule has 2 rings (SSSR count). The molecule has 0 spiro atoms. The zero-order valence-corrected chi connectivity index (χ0v) is 13.3. The van der Waals surface area contributed by atoms with Gasteiger partial charge < -0.3 is 9.47 Å². The van der Waals surface area contributed by atoms with Crippen molar-refractivity contribution >= 4 is 22.8 Å². The molecule has 20 heavy (non-hydrogen) atoms. The van der Waals surface area contributed by atoms with Crippen molar-refractivity contribution in [1.82, 2.24) is 19.4 Å². The van der Waals surface area contributed by atoms with Crippen LogP contribution in [0.15, 0.2) is 18.3 Å². The first-order chi connectivity index (χ1) is 9.67. The molecule has 5 heteroatoms. The van der Waals surface area contributed by atoms with Gasteiger partial charge in [0.1, 0.15) is 11.3 Å². The molecule has 2 aromatic rings. The van der Waals surface area contributed by atoms with Crippen LogP contribution in [0.3, 0.4) is 0 Å². The van der Waals surface area contributed by atoms with E-state index in [0.717, 1.165) is 42.9 Å².